The molecular weight excluding hydrogens is 260 g/mol. The number of carboxylic acids is 1. The fourth-order valence-electron chi connectivity index (χ4n) is 1.90. The summed E-state index contributed by atoms with van der Waals surface area (Å²) in [6.45, 7) is 3.12. The van der Waals surface area contributed by atoms with Crippen LogP contribution >= 0.6 is 0 Å². The highest BCUT2D eigenvalue weighted by atomic mass is 16.5. The topological polar surface area (TPSA) is 81.7 Å². The van der Waals surface area contributed by atoms with E-state index in [1.807, 2.05) is 12.1 Å². The van der Waals surface area contributed by atoms with Crippen molar-refractivity contribution in [3.05, 3.63) is 36.4 Å². The van der Waals surface area contributed by atoms with Crippen molar-refractivity contribution in [2.24, 2.45) is 0 Å². The maximum absolute atomic E-state index is 11.4. The molecule has 1 aliphatic heterocycles. The highest BCUT2D eigenvalue weighted by molar-refractivity contribution is 6.02. The van der Waals surface area contributed by atoms with Gasteiger partial charge in [-0.2, -0.15) is 0 Å². The van der Waals surface area contributed by atoms with Crippen LogP contribution in [0.1, 0.15) is 0 Å². The molecule has 106 valence electrons. The first-order chi connectivity index (χ1) is 9.65. The first kappa shape index (κ1) is 14.1. The standard InChI is InChI=1S/C14H16N2O4/c17-13(5-6-14(18)19)15-11-1-3-12(4-2-11)16-7-9-20-10-8-16/h1-6H,7-10H2,(H,15,17)(H,18,19)/p-1/b6-5-. The number of nitrogens with zero attached hydrogens (tertiary/aromatic N) is 1. The minimum atomic E-state index is -1.40. The quantitative estimate of drug-likeness (QED) is 0.767. The number of ether oxygens (including phenoxy) is 1. The van der Waals surface area contributed by atoms with Crippen molar-refractivity contribution in [1.82, 2.24) is 0 Å². The van der Waals surface area contributed by atoms with Crippen LogP contribution in [0.2, 0.25) is 0 Å². The Bertz CT molecular complexity index is 504. The van der Waals surface area contributed by atoms with E-state index in [1.165, 1.54) is 0 Å². The van der Waals surface area contributed by atoms with Crippen molar-refractivity contribution in [2.45, 2.75) is 0 Å². The van der Waals surface area contributed by atoms with E-state index in [9.17, 15) is 14.7 Å². The number of carboxylic acid groups (broad SMARTS) is 1. The van der Waals surface area contributed by atoms with E-state index >= 15 is 0 Å². The third-order valence-corrected chi connectivity index (χ3v) is 2.88. The Kier molecular flexibility index (Phi) is 4.73. The lowest BCUT2D eigenvalue weighted by molar-refractivity contribution is -0.297. The van der Waals surface area contributed by atoms with E-state index in [4.69, 9.17) is 4.74 Å². The average molecular weight is 275 g/mol. The van der Waals surface area contributed by atoms with Crippen LogP contribution in [-0.4, -0.2) is 38.2 Å². The third kappa shape index (κ3) is 4.10. The van der Waals surface area contributed by atoms with Gasteiger partial charge in [-0.15, -0.1) is 0 Å². The molecule has 0 aliphatic carbocycles. The van der Waals surface area contributed by atoms with Gasteiger partial charge in [0.25, 0.3) is 0 Å². The SMILES string of the molecule is O=C([O-])/C=C\C(=O)Nc1ccc(N2CCOCC2)cc1. The zero-order chi connectivity index (χ0) is 14.4. The van der Waals surface area contributed by atoms with Crippen molar-refractivity contribution < 1.29 is 19.4 Å². The molecule has 1 aliphatic rings. The minimum absolute atomic E-state index is 0.506. The molecule has 1 amide bonds. The number of benzene rings is 1. The van der Waals surface area contributed by atoms with Gasteiger partial charge in [0.1, 0.15) is 0 Å². The van der Waals surface area contributed by atoms with E-state index in [2.05, 4.69) is 10.2 Å². The van der Waals surface area contributed by atoms with E-state index in [1.54, 1.807) is 12.1 Å². The summed E-state index contributed by atoms with van der Waals surface area (Å²) in [4.78, 5) is 23.8. The molecule has 0 unspecified atom stereocenters. The molecule has 0 aromatic heterocycles. The molecule has 0 spiro atoms. The molecule has 1 aromatic carbocycles. The summed E-state index contributed by atoms with van der Waals surface area (Å²) in [5, 5.41) is 12.7. The van der Waals surface area contributed by atoms with Crippen molar-refractivity contribution in [2.75, 3.05) is 36.5 Å². The predicted molar refractivity (Wildman–Crippen MR) is 72.3 cm³/mol. The Morgan fingerprint density at radius 2 is 1.80 bits per heavy atom. The third-order valence-electron chi connectivity index (χ3n) is 2.88. The smallest absolute Gasteiger partial charge is 0.248 e. The molecule has 0 saturated carbocycles. The second-order valence-corrected chi connectivity index (χ2v) is 4.29. The normalized spacial score (nSPS) is 15.3. The molecular formula is C14H15N2O4-. The lowest BCUT2D eigenvalue weighted by atomic mass is 10.2. The summed E-state index contributed by atoms with van der Waals surface area (Å²) in [5.41, 5.74) is 1.67. The second kappa shape index (κ2) is 6.72. The predicted octanol–water partition coefficient (Wildman–Crippen LogP) is -0.232. The number of amides is 1. The molecule has 1 N–H and O–H groups in total. The Morgan fingerprint density at radius 3 is 2.40 bits per heavy atom. The van der Waals surface area contributed by atoms with Crippen molar-refractivity contribution in [3.8, 4) is 0 Å². The number of aliphatic carboxylic acids is 1. The molecule has 1 saturated heterocycles. The van der Waals surface area contributed by atoms with Crippen LogP contribution in [0.25, 0.3) is 0 Å². The van der Waals surface area contributed by atoms with Gasteiger partial charge in [-0.05, 0) is 30.3 Å². The van der Waals surface area contributed by atoms with Crippen LogP contribution in [0.15, 0.2) is 36.4 Å². The van der Waals surface area contributed by atoms with Crippen LogP contribution in [-0.2, 0) is 14.3 Å². The highest BCUT2D eigenvalue weighted by Crippen LogP contribution is 2.18. The maximum Gasteiger partial charge on any atom is 0.248 e. The summed E-state index contributed by atoms with van der Waals surface area (Å²) in [7, 11) is 0. The van der Waals surface area contributed by atoms with E-state index in [0.717, 1.165) is 24.9 Å². The van der Waals surface area contributed by atoms with Gasteiger partial charge in [0.05, 0.1) is 19.2 Å². The fraction of sp³-hybridized carbons (Fsp3) is 0.286. The fourth-order valence-corrected chi connectivity index (χ4v) is 1.90. The number of carbonyl (C=O) groups excluding carboxylic acids is 2. The first-order valence-corrected chi connectivity index (χ1v) is 6.28. The zero-order valence-corrected chi connectivity index (χ0v) is 10.9. The molecule has 1 heterocycles. The molecule has 6 heteroatoms. The Morgan fingerprint density at radius 1 is 1.15 bits per heavy atom. The van der Waals surface area contributed by atoms with Gasteiger partial charge in [-0.3, -0.25) is 4.79 Å². The van der Waals surface area contributed by atoms with Gasteiger partial charge in [-0.1, -0.05) is 0 Å². The lowest BCUT2D eigenvalue weighted by Gasteiger charge is -2.28. The van der Waals surface area contributed by atoms with Gasteiger partial charge >= 0.3 is 0 Å². The molecule has 20 heavy (non-hydrogen) atoms. The Hall–Kier alpha value is -2.34. The lowest BCUT2D eigenvalue weighted by Crippen LogP contribution is -2.36. The van der Waals surface area contributed by atoms with Gasteiger partial charge < -0.3 is 24.9 Å². The van der Waals surface area contributed by atoms with Gasteiger partial charge in [0.2, 0.25) is 5.91 Å². The molecule has 2 rings (SSSR count). The first-order valence-electron chi connectivity index (χ1n) is 6.28. The summed E-state index contributed by atoms with van der Waals surface area (Å²) in [6.07, 6.45) is 1.61. The largest absolute Gasteiger partial charge is 0.545 e. The number of hydrogen-bond donors (Lipinski definition) is 1. The van der Waals surface area contributed by atoms with E-state index in [0.29, 0.717) is 25.0 Å². The summed E-state index contributed by atoms with van der Waals surface area (Å²) >= 11 is 0. The molecule has 1 aromatic rings. The van der Waals surface area contributed by atoms with Crippen LogP contribution in [0, 0.1) is 0 Å². The summed E-state index contributed by atoms with van der Waals surface area (Å²) in [6, 6.07) is 7.36. The van der Waals surface area contributed by atoms with Gasteiger partial charge in [0.15, 0.2) is 0 Å². The highest BCUT2D eigenvalue weighted by Gasteiger charge is 2.10. The number of rotatable bonds is 4. The molecule has 0 radical (unpaired) electrons. The molecule has 0 atom stereocenters. The van der Waals surface area contributed by atoms with E-state index in [-0.39, 0.29) is 0 Å². The maximum atomic E-state index is 11.4. The average Bonchev–Trinajstić information content (AvgIpc) is 2.47. The Balaban J connectivity index is 1.94. The minimum Gasteiger partial charge on any atom is -0.545 e. The van der Waals surface area contributed by atoms with Crippen LogP contribution in [0.3, 0.4) is 0 Å². The van der Waals surface area contributed by atoms with Crippen molar-refractivity contribution in [1.29, 1.82) is 0 Å². The number of morpholine rings is 1. The zero-order valence-electron chi connectivity index (χ0n) is 10.9. The Labute approximate surface area is 116 Å². The van der Waals surface area contributed by atoms with Crippen molar-refractivity contribution >= 4 is 23.3 Å². The molecule has 6 nitrogen and oxygen atoms in total. The summed E-state index contributed by atoms with van der Waals surface area (Å²) in [5.74, 6) is -1.91. The van der Waals surface area contributed by atoms with Crippen LogP contribution in [0.4, 0.5) is 11.4 Å². The number of hydrogen-bond acceptors (Lipinski definition) is 5. The van der Waals surface area contributed by atoms with E-state index < -0.39 is 11.9 Å². The van der Waals surface area contributed by atoms with Gasteiger partial charge in [0, 0.05) is 30.5 Å². The number of anilines is 2. The number of nitrogens with one attached hydrogen (secondary N) is 1. The summed E-state index contributed by atoms with van der Waals surface area (Å²) < 4.78 is 5.28. The van der Waals surface area contributed by atoms with Crippen LogP contribution in [0.5, 0.6) is 0 Å². The second-order valence-electron chi connectivity index (χ2n) is 4.29. The van der Waals surface area contributed by atoms with Crippen LogP contribution < -0.4 is 15.3 Å². The molecule has 0 bridgehead atoms. The monoisotopic (exact) mass is 275 g/mol. The van der Waals surface area contributed by atoms with Crippen molar-refractivity contribution in [3.63, 3.8) is 0 Å². The number of carbonyl (C=O) groups is 2. The van der Waals surface area contributed by atoms with Gasteiger partial charge in [-0.25, -0.2) is 0 Å². The molecule has 1 fully saturated rings.